The lowest BCUT2D eigenvalue weighted by atomic mass is 9.84. The number of hydrogen-bond acceptors (Lipinski definition) is 3. The highest BCUT2D eigenvalue weighted by Gasteiger charge is 2.36. The lowest BCUT2D eigenvalue weighted by molar-refractivity contribution is 0.335. The van der Waals surface area contributed by atoms with Gasteiger partial charge in [-0.2, -0.15) is 0 Å². The second kappa shape index (κ2) is 5.58. The summed E-state index contributed by atoms with van der Waals surface area (Å²) >= 11 is 1.89. The standard InChI is InChI=1S/C16H22N2S/c1-2-13-6-8-14(9-7-13)17-15-18-16(12-19-15)10-4-3-5-11-16/h6-9H,2-5,10-12H2,1H3,(H,17,18). The number of thioether (sulfide) groups is 1. The van der Waals surface area contributed by atoms with Gasteiger partial charge in [0.25, 0.3) is 0 Å². The van der Waals surface area contributed by atoms with E-state index in [0.29, 0.717) is 0 Å². The van der Waals surface area contributed by atoms with Gasteiger partial charge in [-0.25, -0.2) is 0 Å². The van der Waals surface area contributed by atoms with E-state index in [-0.39, 0.29) is 5.54 Å². The molecule has 1 spiro atoms. The van der Waals surface area contributed by atoms with E-state index >= 15 is 0 Å². The summed E-state index contributed by atoms with van der Waals surface area (Å²) in [6, 6.07) is 8.71. The van der Waals surface area contributed by atoms with E-state index in [1.54, 1.807) is 0 Å². The van der Waals surface area contributed by atoms with E-state index in [1.807, 2.05) is 11.8 Å². The summed E-state index contributed by atoms with van der Waals surface area (Å²) < 4.78 is 0. The quantitative estimate of drug-likeness (QED) is 0.860. The summed E-state index contributed by atoms with van der Waals surface area (Å²) in [5, 5.41) is 4.59. The number of nitrogens with zero attached hydrogens (tertiary/aromatic N) is 1. The van der Waals surface area contributed by atoms with Crippen LogP contribution < -0.4 is 5.32 Å². The third-order valence-corrected chi connectivity index (χ3v) is 5.36. The molecule has 0 radical (unpaired) electrons. The van der Waals surface area contributed by atoms with E-state index in [9.17, 15) is 0 Å². The third kappa shape index (κ3) is 2.97. The van der Waals surface area contributed by atoms with Crippen molar-refractivity contribution in [3.05, 3.63) is 29.8 Å². The zero-order valence-electron chi connectivity index (χ0n) is 11.6. The van der Waals surface area contributed by atoms with E-state index in [1.165, 1.54) is 43.4 Å². The molecule has 0 saturated heterocycles. The molecule has 19 heavy (non-hydrogen) atoms. The van der Waals surface area contributed by atoms with Crippen LogP contribution >= 0.6 is 11.8 Å². The largest absolute Gasteiger partial charge is 0.335 e. The summed E-state index contributed by atoms with van der Waals surface area (Å²) in [6.45, 7) is 2.19. The van der Waals surface area contributed by atoms with Crippen molar-refractivity contribution in [2.45, 2.75) is 51.0 Å². The number of rotatable bonds is 2. The maximum absolute atomic E-state index is 4.99. The predicted octanol–water partition coefficient (Wildman–Crippen LogP) is 4.47. The molecule has 1 N–H and O–H groups in total. The van der Waals surface area contributed by atoms with Crippen molar-refractivity contribution < 1.29 is 0 Å². The van der Waals surface area contributed by atoms with Gasteiger partial charge in [-0.15, -0.1) is 0 Å². The van der Waals surface area contributed by atoms with Crippen LogP contribution in [0.1, 0.15) is 44.6 Å². The van der Waals surface area contributed by atoms with Crippen molar-refractivity contribution in [3.8, 4) is 0 Å². The van der Waals surface area contributed by atoms with Gasteiger partial charge in [0.15, 0.2) is 5.17 Å². The number of aryl methyl sites for hydroxylation is 1. The summed E-state index contributed by atoms with van der Waals surface area (Å²) in [4.78, 5) is 4.99. The van der Waals surface area contributed by atoms with Gasteiger partial charge < -0.3 is 5.32 Å². The maximum atomic E-state index is 4.99. The van der Waals surface area contributed by atoms with Crippen molar-refractivity contribution in [3.63, 3.8) is 0 Å². The molecule has 2 nitrogen and oxygen atoms in total. The van der Waals surface area contributed by atoms with Crippen LogP contribution in [0.5, 0.6) is 0 Å². The molecule has 1 fully saturated rings. The van der Waals surface area contributed by atoms with Gasteiger partial charge in [-0.1, -0.05) is 50.1 Å². The minimum atomic E-state index is 0.259. The highest BCUT2D eigenvalue weighted by atomic mass is 32.2. The minimum Gasteiger partial charge on any atom is -0.335 e. The van der Waals surface area contributed by atoms with Crippen LogP contribution in [0.4, 0.5) is 5.69 Å². The first-order chi connectivity index (χ1) is 9.30. The fourth-order valence-electron chi connectivity index (χ4n) is 2.96. The Hall–Kier alpha value is -0.960. The molecule has 1 aliphatic heterocycles. The van der Waals surface area contributed by atoms with Crippen LogP contribution in [-0.2, 0) is 6.42 Å². The topological polar surface area (TPSA) is 24.4 Å². The van der Waals surface area contributed by atoms with E-state index in [0.717, 1.165) is 17.3 Å². The third-order valence-electron chi connectivity index (χ3n) is 4.21. The zero-order chi connectivity index (χ0) is 13.1. The smallest absolute Gasteiger partial charge is 0.161 e. The van der Waals surface area contributed by atoms with Gasteiger partial charge in [0.05, 0.1) is 5.54 Å². The van der Waals surface area contributed by atoms with E-state index in [4.69, 9.17) is 4.99 Å². The molecular weight excluding hydrogens is 252 g/mol. The average Bonchev–Trinajstić information content (AvgIpc) is 2.83. The van der Waals surface area contributed by atoms with Gasteiger partial charge in [-0.3, -0.25) is 4.99 Å². The lowest BCUT2D eigenvalue weighted by Crippen LogP contribution is -2.29. The first-order valence-corrected chi connectivity index (χ1v) is 8.37. The Balaban J connectivity index is 1.67. The Labute approximate surface area is 120 Å². The fourth-order valence-corrected chi connectivity index (χ4v) is 4.17. The Morgan fingerprint density at radius 3 is 2.58 bits per heavy atom. The van der Waals surface area contributed by atoms with E-state index in [2.05, 4.69) is 36.5 Å². The van der Waals surface area contributed by atoms with Crippen molar-refractivity contribution in [2.75, 3.05) is 11.1 Å². The number of anilines is 1. The first kappa shape index (κ1) is 13.0. The van der Waals surface area contributed by atoms with Gasteiger partial charge in [-0.05, 0) is 37.0 Å². The molecule has 1 aliphatic carbocycles. The molecule has 2 aliphatic rings. The summed E-state index contributed by atoms with van der Waals surface area (Å²) in [7, 11) is 0. The normalized spacial score (nSPS) is 21.4. The number of nitrogens with one attached hydrogen (secondary N) is 1. The molecule has 1 aromatic rings. The molecule has 0 aromatic heterocycles. The number of aliphatic imine (C=N–C) groups is 1. The van der Waals surface area contributed by atoms with Gasteiger partial charge in [0.1, 0.15) is 0 Å². The van der Waals surface area contributed by atoms with Crippen molar-refractivity contribution in [1.29, 1.82) is 0 Å². The molecule has 0 amide bonds. The van der Waals surface area contributed by atoms with Gasteiger partial charge >= 0.3 is 0 Å². The molecule has 3 rings (SSSR count). The second-order valence-corrected chi connectivity index (χ2v) is 6.63. The zero-order valence-corrected chi connectivity index (χ0v) is 12.4. The first-order valence-electron chi connectivity index (χ1n) is 7.38. The molecule has 0 atom stereocenters. The Morgan fingerprint density at radius 1 is 1.16 bits per heavy atom. The SMILES string of the molecule is CCc1ccc(NC2=NC3(CCCCC3)CS2)cc1. The Morgan fingerprint density at radius 2 is 1.89 bits per heavy atom. The molecule has 1 aromatic carbocycles. The molecule has 102 valence electrons. The second-order valence-electron chi connectivity index (χ2n) is 5.67. The lowest BCUT2D eigenvalue weighted by Gasteiger charge is -2.29. The average molecular weight is 274 g/mol. The summed E-state index contributed by atoms with van der Waals surface area (Å²) in [5.74, 6) is 1.17. The predicted molar refractivity (Wildman–Crippen MR) is 85.2 cm³/mol. The highest BCUT2D eigenvalue weighted by molar-refractivity contribution is 8.14. The highest BCUT2D eigenvalue weighted by Crippen LogP contribution is 2.39. The Bertz CT molecular complexity index is 458. The molecule has 1 saturated carbocycles. The van der Waals surface area contributed by atoms with Crippen LogP contribution in [0.2, 0.25) is 0 Å². The number of benzene rings is 1. The number of amidine groups is 1. The Kier molecular flexibility index (Phi) is 3.83. The van der Waals surface area contributed by atoms with Crippen LogP contribution in [0.25, 0.3) is 0 Å². The van der Waals surface area contributed by atoms with Crippen molar-refractivity contribution in [1.82, 2.24) is 0 Å². The molecule has 1 heterocycles. The van der Waals surface area contributed by atoms with Crippen molar-refractivity contribution >= 4 is 22.6 Å². The van der Waals surface area contributed by atoms with Crippen LogP contribution in [-0.4, -0.2) is 16.5 Å². The van der Waals surface area contributed by atoms with Crippen LogP contribution in [0, 0.1) is 0 Å². The number of hydrogen-bond donors (Lipinski definition) is 1. The molecule has 0 unspecified atom stereocenters. The fraction of sp³-hybridized carbons (Fsp3) is 0.562. The summed E-state index contributed by atoms with van der Waals surface area (Å²) in [5.41, 5.74) is 2.81. The van der Waals surface area contributed by atoms with Gasteiger partial charge in [0.2, 0.25) is 0 Å². The van der Waals surface area contributed by atoms with E-state index < -0.39 is 0 Å². The van der Waals surface area contributed by atoms with Crippen LogP contribution in [0.15, 0.2) is 29.3 Å². The van der Waals surface area contributed by atoms with Crippen LogP contribution in [0.3, 0.4) is 0 Å². The monoisotopic (exact) mass is 274 g/mol. The maximum Gasteiger partial charge on any atom is 0.161 e. The van der Waals surface area contributed by atoms with Crippen molar-refractivity contribution in [2.24, 2.45) is 4.99 Å². The minimum absolute atomic E-state index is 0.259. The molecule has 3 heteroatoms. The summed E-state index contributed by atoms with van der Waals surface area (Å²) in [6.07, 6.45) is 7.74. The molecule has 0 bridgehead atoms. The van der Waals surface area contributed by atoms with Gasteiger partial charge in [0, 0.05) is 11.4 Å². The molecular formula is C16H22N2S.